The largest absolute Gasteiger partial charge is 0.330 e. The summed E-state index contributed by atoms with van der Waals surface area (Å²) in [6.07, 6.45) is 3.21. The van der Waals surface area contributed by atoms with Gasteiger partial charge in [0.05, 0.1) is 6.54 Å². The van der Waals surface area contributed by atoms with Gasteiger partial charge in [0.25, 0.3) is 0 Å². The summed E-state index contributed by atoms with van der Waals surface area (Å²) in [4.78, 5) is 29.5. The number of likely N-dealkylation sites (tertiary alicyclic amines) is 1. The van der Waals surface area contributed by atoms with Crippen LogP contribution in [0.1, 0.15) is 51.2 Å². The Morgan fingerprint density at radius 1 is 1.33 bits per heavy atom. The van der Waals surface area contributed by atoms with Crippen LogP contribution in [-0.2, 0) is 9.59 Å². The summed E-state index contributed by atoms with van der Waals surface area (Å²) in [7, 11) is 0. The maximum atomic E-state index is 12.9. The third-order valence-electron chi connectivity index (χ3n) is 5.74. The molecule has 1 aromatic carbocycles. The van der Waals surface area contributed by atoms with Crippen molar-refractivity contribution in [1.82, 2.24) is 9.80 Å². The van der Waals surface area contributed by atoms with Crippen LogP contribution in [0.4, 0.5) is 5.69 Å². The van der Waals surface area contributed by atoms with Crippen molar-refractivity contribution in [3.05, 3.63) is 29.3 Å². The highest BCUT2D eigenvalue weighted by Gasteiger charge is 2.25. The predicted molar refractivity (Wildman–Crippen MR) is 111 cm³/mol. The molecule has 0 saturated carbocycles. The van der Waals surface area contributed by atoms with Gasteiger partial charge in [-0.15, -0.1) is 0 Å². The lowest BCUT2D eigenvalue weighted by Crippen LogP contribution is -2.49. The van der Waals surface area contributed by atoms with Crippen LogP contribution in [0.25, 0.3) is 0 Å². The van der Waals surface area contributed by atoms with Crippen molar-refractivity contribution in [3.63, 3.8) is 0 Å². The summed E-state index contributed by atoms with van der Waals surface area (Å²) in [5, 5.41) is 2.98. The highest BCUT2D eigenvalue weighted by Crippen LogP contribution is 2.19. The quantitative estimate of drug-likeness (QED) is 0.794. The number of hydrogen-bond donors (Lipinski definition) is 1. The summed E-state index contributed by atoms with van der Waals surface area (Å²) in [6.45, 7) is 12.8. The Morgan fingerprint density at radius 2 is 2.07 bits per heavy atom. The molecule has 5 nitrogen and oxygen atoms in total. The van der Waals surface area contributed by atoms with Gasteiger partial charge in [-0.05, 0) is 69.7 Å². The first-order valence-electron chi connectivity index (χ1n) is 10.2. The van der Waals surface area contributed by atoms with Crippen LogP contribution in [0, 0.1) is 19.8 Å². The molecule has 5 heteroatoms. The molecule has 2 amide bonds. The number of rotatable bonds is 7. The number of nitrogens with zero attached hydrogens (tertiary/aromatic N) is 2. The fourth-order valence-electron chi connectivity index (χ4n) is 3.65. The second-order valence-electron chi connectivity index (χ2n) is 8.06. The minimum absolute atomic E-state index is 0.0454. The summed E-state index contributed by atoms with van der Waals surface area (Å²) in [6, 6.07) is 5.92. The Balaban J connectivity index is 2.01. The topological polar surface area (TPSA) is 52.7 Å². The van der Waals surface area contributed by atoms with Crippen molar-refractivity contribution in [1.29, 1.82) is 0 Å². The van der Waals surface area contributed by atoms with Gasteiger partial charge in [0, 0.05) is 18.3 Å². The van der Waals surface area contributed by atoms with E-state index in [0.29, 0.717) is 12.5 Å². The zero-order valence-corrected chi connectivity index (χ0v) is 17.5. The lowest BCUT2D eigenvalue weighted by molar-refractivity contribution is -0.138. The maximum absolute atomic E-state index is 12.9. The Hall–Kier alpha value is -1.88. The molecule has 1 saturated heterocycles. The van der Waals surface area contributed by atoms with E-state index in [4.69, 9.17) is 0 Å². The molecule has 1 fully saturated rings. The highest BCUT2D eigenvalue weighted by atomic mass is 16.2. The van der Waals surface area contributed by atoms with Crippen LogP contribution in [0.5, 0.6) is 0 Å². The Bertz CT molecular complexity index is 659. The molecular weight excluding hydrogens is 338 g/mol. The standard InChI is InChI=1S/C22H35N3O2/c1-6-18(4)25(22(27)15-24-12-8-9-16(2)13-24)14-21(26)23-20-11-7-10-17(3)19(20)5/h7,10-11,16,18H,6,8-9,12-15H2,1-5H3,(H,23,26). The molecule has 2 unspecified atom stereocenters. The molecule has 2 rings (SSSR count). The summed E-state index contributed by atoms with van der Waals surface area (Å²) >= 11 is 0. The fraction of sp³-hybridized carbons (Fsp3) is 0.636. The monoisotopic (exact) mass is 373 g/mol. The molecule has 150 valence electrons. The van der Waals surface area contributed by atoms with E-state index in [1.54, 1.807) is 4.90 Å². The molecule has 0 aromatic heterocycles. The summed E-state index contributed by atoms with van der Waals surface area (Å²) in [5.74, 6) is 0.551. The number of piperidine rings is 1. The molecule has 27 heavy (non-hydrogen) atoms. The van der Waals surface area contributed by atoms with Gasteiger partial charge in [0.2, 0.25) is 11.8 Å². The number of hydrogen-bond acceptors (Lipinski definition) is 3. The third kappa shape index (κ3) is 6.06. The minimum Gasteiger partial charge on any atom is -0.330 e. The number of nitrogens with one attached hydrogen (secondary N) is 1. The van der Waals surface area contributed by atoms with Gasteiger partial charge in [-0.3, -0.25) is 14.5 Å². The SMILES string of the molecule is CCC(C)N(CC(=O)Nc1cccc(C)c1C)C(=O)CN1CCCC(C)C1. The van der Waals surface area contributed by atoms with E-state index in [2.05, 4.69) is 24.1 Å². The number of aryl methyl sites for hydroxylation is 1. The summed E-state index contributed by atoms with van der Waals surface area (Å²) < 4.78 is 0. The Morgan fingerprint density at radius 3 is 2.74 bits per heavy atom. The van der Waals surface area contributed by atoms with E-state index in [1.165, 1.54) is 6.42 Å². The first-order chi connectivity index (χ1) is 12.8. The second kappa shape index (κ2) is 9.88. The molecule has 0 radical (unpaired) electrons. The Kier molecular flexibility index (Phi) is 7.84. The van der Waals surface area contributed by atoms with Crippen molar-refractivity contribution in [2.75, 3.05) is 31.5 Å². The van der Waals surface area contributed by atoms with Gasteiger partial charge >= 0.3 is 0 Å². The zero-order chi connectivity index (χ0) is 20.0. The number of amides is 2. The van der Waals surface area contributed by atoms with E-state index in [-0.39, 0.29) is 24.4 Å². The highest BCUT2D eigenvalue weighted by molar-refractivity contribution is 5.95. The van der Waals surface area contributed by atoms with E-state index >= 15 is 0 Å². The minimum atomic E-state index is -0.135. The lowest BCUT2D eigenvalue weighted by atomic mass is 10.0. The molecule has 0 bridgehead atoms. The van der Waals surface area contributed by atoms with E-state index in [9.17, 15) is 9.59 Å². The number of carbonyl (C=O) groups excluding carboxylic acids is 2. The molecular formula is C22H35N3O2. The van der Waals surface area contributed by atoms with Gasteiger partial charge < -0.3 is 10.2 Å². The smallest absolute Gasteiger partial charge is 0.244 e. The van der Waals surface area contributed by atoms with Gasteiger partial charge in [-0.2, -0.15) is 0 Å². The second-order valence-corrected chi connectivity index (χ2v) is 8.06. The van der Waals surface area contributed by atoms with E-state index in [0.717, 1.165) is 42.7 Å². The van der Waals surface area contributed by atoms with Crippen molar-refractivity contribution in [2.24, 2.45) is 5.92 Å². The molecule has 0 spiro atoms. The van der Waals surface area contributed by atoms with Gasteiger partial charge in [0.1, 0.15) is 6.54 Å². The van der Waals surface area contributed by atoms with Gasteiger partial charge in [-0.25, -0.2) is 0 Å². The predicted octanol–water partition coefficient (Wildman–Crippen LogP) is 3.60. The molecule has 1 N–H and O–H groups in total. The van der Waals surface area contributed by atoms with E-state index < -0.39 is 0 Å². The van der Waals surface area contributed by atoms with Gasteiger partial charge in [-0.1, -0.05) is 26.0 Å². The third-order valence-corrected chi connectivity index (χ3v) is 5.74. The zero-order valence-electron chi connectivity index (χ0n) is 17.5. The molecule has 1 heterocycles. The van der Waals surface area contributed by atoms with Crippen LogP contribution in [0.2, 0.25) is 0 Å². The number of carbonyl (C=O) groups is 2. The summed E-state index contributed by atoms with van der Waals surface area (Å²) in [5.41, 5.74) is 3.03. The average molecular weight is 374 g/mol. The first-order valence-corrected chi connectivity index (χ1v) is 10.2. The van der Waals surface area contributed by atoms with Crippen molar-refractivity contribution in [3.8, 4) is 0 Å². The van der Waals surface area contributed by atoms with Crippen LogP contribution < -0.4 is 5.32 Å². The molecule has 1 aliphatic heterocycles. The fourth-order valence-corrected chi connectivity index (χ4v) is 3.65. The lowest BCUT2D eigenvalue weighted by Gasteiger charge is -2.34. The average Bonchev–Trinajstić information content (AvgIpc) is 2.63. The normalized spacial score (nSPS) is 18.8. The van der Waals surface area contributed by atoms with Crippen molar-refractivity contribution < 1.29 is 9.59 Å². The first kappa shape index (κ1) is 21.4. The van der Waals surface area contributed by atoms with Gasteiger partial charge in [0.15, 0.2) is 0 Å². The van der Waals surface area contributed by atoms with Crippen molar-refractivity contribution >= 4 is 17.5 Å². The number of anilines is 1. The van der Waals surface area contributed by atoms with Crippen LogP contribution in [-0.4, -0.2) is 53.8 Å². The number of benzene rings is 1. The maximum Gasteiger partial charge on any atom is 0.244 e. The van der Waals surface area contributed by atoms with Crippen LogP contribution >= 0.6 is 0 Å². The molecule has 2 atom stereocenters. The van der Waals surface area contributed by atoms with Crippen LogP contribution in [0.3, 0.4) is 0 Å². The molecule has 1 aromatic rings. The Labute approximate surface area is 164 Å². The van der Waals surface area contributed by atoms with E-state index in [1.807, 2.05) is 39.0 Å². The van der Waals surface area contributed by atoms with Crippen LogP contribution in [0.15, 0.2) is 18.2 Å². The van der Waals surface area contributed by atoms with Crippen molar-refractivity contribution in [2.45, 2.75) is 59.9 Å². The molecule has 1 aliphatic rings. The molecule has 0 aliphatic carbocycles.